The third-order valence-corrected chi connectivity index (χ3v) is 3.98. The van der Waals surface area contributed by atoms with E-state index in [0.29, 0.717) is 0 Å². The van der Waals surface area contributed by atoms with Crippen LogP contribution >= 0.6 is 0 Å². The number of aryl methyl sites for hydroxylation is 1. The van der Waals surface area contributed by atoms with Gasteiger partial charge in [0.25, 0.3) is 0 Å². The van der Waals surface area contributed by atoms with Gasteiger partial charge in [0.15, 0.2) is 0 Å². The summed E-state index contributed by atoms with van der Waals surface area (Å²) in [4.78, 5) is 18.2. The number of carboxylic acid groups (broad SMARTS) is 1. The summed E-state index contributed by atoms with van der Waals surface area (Å²) in [6, 6.07) is 7.99. The number of benzene rings is 1. The molecule has 4 nitrogen and oxygen atoms in total. The number of carboxylic acids is 1. The summed E-state index contributed by atoms with van der Waals surface area (Å²) in [5.41, 5.74) is 3.62. The van der Waals surface area contributed by atoms with Crippen molar-refractivity contribution in [3.05, 3.63) is 35.5 Å². The molecule has 0 aliphatic rings. The van der Waals surface area contributed by atoms with E-state index in [0.717, 1.165) is 53.8 Å². The lowest BCUT2D eigenvalue weighted by atomic mass is 10.0. The summed E-state index contributed by atoms with van der Waals surface area (Å²) < 4.78 is 0. The number of hydrogen-bond donors (Lipinski definition) is 1. The fourth-order valence-corrected chi connectivity index (χ4v) is 2.85. The molecule has 0 radical (unpaired) electrons. The smallest absolute Gasteiger partial charge is 0.307 e. The number of rotatable bonds is 7. The summed E-state index contributed by atoms with van der Waals surface area (Å²) in [7, 11) is 0. The molecular formula is C18H24N2O2. The van der Waals surface area contributed by atoms with Gasteiger partial charge in [-0.15, -0.1) is 0 Å². The van der Waals surface area contributed by atoms with Crippen molar-refractivity contribution >= 4 is 22.6 Å². The van der Waals surface area contributed by atoms with Crippen LogP contribution in [0.5, 0.6) is 0 Å². The molecule has 0 spiro atoms. The monoisotopic (exact) mass is 300 g/mol. The van der Waals surface area contributed by atoms with Gasteiger partial charge < -0.3 is 10.0 Å². The summed E-state index contributed by atoms with van der Waals surface area (Å²) in [6.45, 7) is 7.99. The summed E-state index contributed by atoms with van der Waals surface area (Å²) >= 11 is 0. The van der Waals surface area contributed by atoms with Crippen LogP contribution in [0.4, 0.5) is 5.69 Å². The van der Waals surface area contributed by atoms with E-state index in [1.165, 1.54) is 0 Å². The maximum Gasteiger partial charge on any atom is 0.307 e. The van der Waals surface area contributed by atoms with Crippen LogP contribution < -0.4 is 4.90 Å². The lowest BCUT2D eigenvalue weighted by Gasteiger charge is -2.27. The Balaban J connectivity index is 2.66. The summed E-state index contributed by atoms with van der Waals surface area (Å²) in [6.07, 6.45) is 2.23. The first-order chi connectivity index (χ1) is 10.6. The predicted molar refractivity (Wildman–Crippen MR) is 90.6 cm³/mol. The fraction of sp³-hybridized carbons (Fsp3) is 0.444. The maximum atomic E-state index is 11.3. The SMILES string of the molecule is CCCCN(CC)c1c(CC(=O)O)c(C)nc2ccccc12. The number of para-hydroxylation sites is 1. The normalized spacial score (nSPS) is 10.9. The van der Waals surface area contributed by atoms with Crippen molar-refractivity contribution in [1.82, 2.24) is 4.98 Å². The molecule has 1 N–H and O–H groups in total. The molecule has 0 bridgehead atoms. The second-order valence-electron chi connectivity index (χ2n) is 5.55. The standard InChI is InChI=1S/C18H24N2O2/c1-4-6-11-20(5-2)18-14-9-7-8-10-16(14)19-13(3)15(18)12-17(21)22/h7-10H,4-6,11-12H2,1-3H3,(H,21,22). The van der Waals surface area contributed by atoms with Gasteiger partial charge in [0.1, 0.15) is 0 Å². The van der Waals surface area contributed by atoms with E-state index >= 15 is 0 Å². The number of aliphatic carboxylic acids is 1. The highest BCUT2D eigenvalue weighted by Gasteiger charge is 2.19. The molecule has 1 heterocycles. The van der Waals surface area contributed by atoms with Gasteiger partial charge in [0, 0.05) is 29.7 Å². The number of carbonyl (C=O) groups is 1. The second kappa shape index (κ2) is 7.25. The van der Waals surface area contributed by atoms with E-state index in [1.807, 2.05) is 31.2 Å². The highest BCUT2D eigenvalue weighted by Crippen LogP contribution is 2.32. The lowest BCUT2D eigenvalue weighted by Crippen LogP contribution is -2.26. The Bertz CT molecular complexity index is 667. The van der Waals surface area contributed by atoms with Crippen molar-refractivity contribution < 1.29 is 9.90 Å². The molecule has 0 amide bonds. The van der Waals surface area contributed by atoms with Gasteiger partial charge in [-0.05, 0) is 26.3 Å². The Hall–Kier alpha value is -2.10. The van der Waals surface area contributed by atoms with E-state index in [9.17, 15) is 9.90 Å². The average Bonchev–Trinajstić information content (AvgIpc) is 2.50. The van der Waals surface area contributed by atoms with Crippen molar-refractivity contribution in [1.29, 1.82) is 0 Å². The van der Waals surface area contributed by atoms with E-state index in [1.54, 1.807) is 0 Å². The largest absolute Gasteiger partial charge is 0.481 e. The number of unbranched alkanes of at least 4 members (excludes halogenated alkanes) is 1. The fourth-order valence-electron chi connectivity index (χ4n) is 2.85. The van der Waals surface area contributed by atoms with Crippen LogP contribution in [0.1, 0.15) is 37.9 Å². The molecule has 2 aromatic rings. The molecule has 0 atom stereocenters. The van der Waals surface area contributed by atoms with E-state index in [2.05, 4.69) is 23.7 Å². The lowest BCUT2D eigenvalue weighted by molar-refractivity contribution is -0.136. The molecule has 1 aromatic heterocycles. The van der Waals surface area contributed by atoms with E-state index in [4.69, 9.17) is 0 Å². The number of hydrogen-bond acceptors (Lipinski definition) is 3. The molecule has 1 aromatic carbocycles. The first-order valence-corrected chi connectivity index (χ1v) is 7.93. The number of fused-ring (bicyclic) bond motifs is 1. The van der Waals surface area contributed by atoms with Crippen LogP contribution in [-0.4, -0.2) is 29.1 Å². The van der Waals surface area contributed by atoms with Gasteiger partial charge in [-0.1, -0.05) is 31.5 Å². The molecule has 118 valence electrons. The Morgan fingerprint density at radius 1 is 1.27 bits per heavy atom. The quantitative estimate of drug-likeness (QED) is 0.845. The Morgan fingerprint density at radius 2 is 2.00 bits per heavy atom. The summed E-state index contributed by atoms with van der Waals surface area (Å²) in [5.74, 6) is -0.812. The molecule has 0 saturated heterocycles. The number of anilines is 1. The minimum absolute atomic E-state index is 0.0155. The number of nitrogens with zero attached hydrogens (tertiary/aromatic N) is 2. The van der Waals surface area contributed by atoms with Crippen molar-refractivity contribution in [3.63, 3.8) is 0 Å². The maximum absolute atomic E-state index is 11.3. The van der Waals surface area contributed by atoms with Crippen molar-refractivity contribution in [2.24, 2.45) is 0 Å². The Morgan fingerprint density at radius 3 is 2.64 bits per heavy atom. The van der Waals surface area contributed by atoms with Crippen LogP contribution in [0.3, 0.4) is 0 Å². The molecule has 0 aliphatic carbocycles. The van der Waals surface area contributed by atoms with Crippen LogP contribution in [0, 0.1) is 6.92 Å². The van der Waals surface area contributed by atoms with Crippen LogP contribution in [0.15, 0.2) is 24.3 Å². The minimum Gasteiger partial charge on any atom is -0.481 e. The van der Waals surface area contributed by atoms with Crippen molar-refractivity contribution in [2.75, 3.05) is 18.0 Å². The van der Waals surface area contributed by atoms with Gasteiger partial charge in [-0.25, -0.2) is 0 Å². The molecule has 2 rings (SSSR count). The first kappa shape index (κ1) is 16.3. The highest BCUT2D eigenvalue weighted by atomic mass is 16.4. The molecule has 22 heavy (non-hydrogen) atoms. The molecule has 0 aliphatic heterocycles. The summed E-state index contributed by atoms with van der Waals surface area (Å²) in [5, 5.41) is 10.3. The van der Waals surface area contributed by atoms with E-state index < -0.39 is 5.97 Å². The second-order valence-corrected chi connectivity index (χ2v) is 5.55. The molecular weight excluding hydrogens is 276 g/mol. The van der Waals surface area contributed by atoms with Gasteiger partial charge in [-0.3, -0.25) is 9.78 Å². The van der Waals surface area contributed by atoms with Crippen molar-refractivity contribution in [2.45, 2.75) is 40.0 Å². The van der Waals surface area contributed by atoms with Gasteiger partial charge in [-0.2, -0.15) is 0 Å². The highest BCUT2D eigenvalue weighted by molar-refractivity contribution is 5.95. The zero-order valence-corrected chi connectivity index (χ0v) is 13.6. The van der Waals surface area contributed by atoms with Gasteiger partial charge >= 0.3 is 5.97 Å². The minimum atomic E-state index is -0.812. The zero-order chi connectivity index (χ0) is 16.1. The van der Waals surface area contributed by atoms with E-state index in [-0.39, 0.29) is 6.42 Å². The zero-order valence-electron chi connectivity index (χ0n) is 13.6. The number of aromatic nitrogens is 1. The Kier molecular flexibility index (Phi) is 5.36. The number of pyridine rings is 1. The molecule has 0 unspecified atom stereocenters. The average molecular weight is 300 g/mol. The first-order valence-electron chi connectivity index (χ1n) is 7.93. The topological polar surface area (TPSA) is 53.4 Å². The molecule has 0 saturated carbocycles. The van der Waals surface area contributed by atoms with Gasteiger partial charge in [0.2, 0.25) is 0 Å². The van der Waals surface area contributed by atoms with Crippen LogP contribution in [0.2, 0.25) is 0 Å². The third-order valence-electron chi connectivity index (χ3n) is 3.98. The van der Waals surface area contributed by atoms with Crippen LogP contribution in [0.25, 0.3) is 10.9 Å². The van der Waals surface area contributed by atoms with Crippen molar-refractivity contribution in [3.8, 4) is 0 Å². The Labute approximate surface area is 131 Å². The third kappa shape index (κ3) is 3.38. The van der Waals surface area contributed by atoms with Crippen LogP contribution in [-0.2, 0) is 11.2 Å². The molecule has 4 heteroatoms. The van der Waals surface area contributed by atoms with Gasteiger partial charge in [0.05, 0.1) is 17.6 Å². The predicted octanol–water partition coefficient (Wildman–Crippen LogP) is 3.80. The molecule has 0 fully saturated rings.